The van der Waals surface area contributed by atoms with Crippen molar-refractivity contribution >= 4 is 23.0 Å². The molecule has 0 atom stereocenters. The van der Waals surface area contributed by atoms with Gasteiger partial charge in [-0.3, -0.25) is 5.41 Å². The van der Waals surface area contributed by atoms with Crippen molar-refractivity contribution in [3.63, 3.8) is 0 Å². The summed E-state index contributed by atoms with van der Waals surface area (Å²) in [6.45, 7) is 0.819. The van der Waals surface area contributed by atoms with E-state index in [2.05, 4.69) is 21.6 Å². The Hall–Kier alpha value is -1.95. The summed E-state index contributed by atoms with van der Waals surface area (Å²) in [5.41, 5.74) is 6.16. The molecule has 2 rings (SSSR count). The Morgan fingerprint density at radius 2 is 2.33 bits per heavy atom. The maximum absolute atomic E-state index is 7.53. The van der Waals surface area contributed by atoms with Gasteiger partial charge in [0.1, 0.15) is 5.84 Å². The number of aromatic nitrogens is 2. The van der Waals surface area contributed by atoms with E-state index in [0.29, 0.717) is 11.4 Å². The second kappa shape index (κ2) is 5.59. The van der Waals surface area contributed by atoms with E-state index in [1.54, 1.807) is 23.6 Å². The first-order valence-electron chi connectivity index (χ1n) is 5.58. The maximum atomic E-state index is 7.53. The minimum absolute atomic E-state index is 0.0165. The van der Waals surface area contributed by atoms with Gasteiger partial charge in [0, 0.05) is 18.5 Å². The number of likely N-dealkylation sites (N-methyl/N-ethyl adjacent to an activating group) is 1. The Kier molecular flexibility index (Phi) is 3.88. The first-order chi connectivity index (χ1) is 8.68. The molecule has 0 bridgehead atoms. The van der Waals surface area contributed by atoms with Crippen LogP contribution in [0.1, 0.15) is 10.4 Å². The van der Waals surface area contributed by atoms with Gasteiger partial charge in [0.2, 0.25) is 0 Å². The van der Waals surface area contributed by atoms with Crippen molar-refractivity contribution in [3.8, 4) is 0 Å². The molecule has 0 amide bonds. The Bertz CT molecular complexity index is 523. The molecule has 2 heterocycles. The quantitative estimate of drug-likeness (QED) is 0.631. The van der Waals surface area contributed by atoms with Crippen LogP contribution in [0, 0.1) is 5.41 Å². The number of nitrogen functional groups attached to an aromatic ring is 1. The summed E-state index contributed by atoms with van der Waals surface area (Å²) in [5.74, 6) is 0.671. The van der Waals surface area contributed by atoms with Crippen molar-refractivity contribution in [3.05, 3.63) is 40.2 Å². The van der Waals surface area contributed by atoms with Gasteiger partial charge in [-0.05, 0) is 23.9 Å². The number of hydrogen-bond donors (Lipinski definition) is 2. The van der Waals surface area contributed by atoms with E-state index in [1.165, 1.54) is 4.88 Å². The van der Waals surface area contributed by atoms with Crippen LogP contribution < -0.4 is 10.6 Å². The van der Waals surface area contributed by atoms with E-state index >= 15 is 0 Å². The molecule has 0 aliphatic heterocycles. The van der Waals surface area contributed by atoms with Gasteiger partial charge in [0.15, 0.2) is 5.82 Å². The van der Waals surface area contributed by atoms with Crippen LogP contribution in [0.3, 0.4) is 0 Å². The van der Waals surface area contributed by atoms with E-state index < -0.39 is 0 Å². The minimum Gasteiger partial charge on any atom is -0.384 e. The van der Waals surface area contributed by atoms with Crippen molar-refractivity contribution in [1.82, 2.24) is 10.2 Å². The average molecular weight is 261 g/mol. The number of thiophene rings is 1. The lowest BCUT2D eigenvalue weighted by Gasteiger charge is -2.19. The van der Waals surface area contributed by atoms with Crippen LogP contribution in [0.25, 0.3) is 0 Å². The van der Waals surface area contributed by atoms with Crippen LogP contribution in [-0.2, 0) is 6.42 Å². The molecular weight excluding hydrogens is 246 g/mol. The van der Waals surface area contributed by atoms with Gasteiger partial charge >= 0.3 is 0 Å². The number of rotatable bonds is 5. The standard InChI is InChI=1S/C12H15N5S/c1-17(7-5-9-3-2-8-18-9)12-10(11(13)14)4-6-15-16-12/h2-4,6,8H,5,7H2,1H3,(H3,13,14). The fraction of sp³-hybridized carbons (Fsp3) is 0.250. The molecule has 0 unspecified atom stereocenters. The third kappa shape index (κ3) is 2.84. The van der Waals surface area contributed by atoms with Gasteiger partial charge in [-0.15, -0.1) is 16.4 Å². The summed E-state index contributed by atoms with van der Waals surface area (Å²) in [4.78, 5) is 3.30. The fourth-order valence-corrected chi connectivity index (χ4v) is 2.35. The highest BCUT2D eigenvalue weighted by molar-refractivity contribution is 7.09. The van der Waals surface area contributed by atoms with E-state index in [1.807, 2.05) is 18.0 Å². The summed E-state index contributed by atoms with van der Waals surface area (Å²) >= 11 is 1.74. The molecular formula is C12H15N5S. The number of amidine groups is 1. The fourth-order valence-electron chi connectivity index (χ4n) is 1.66. The normalized spacial score (nSPS) is 10.3. The molecule has 0 aliphatic rings. The summed E-state index contributed by atoms with van der Waals surface area (Å²) in [6.07, 6.45) is 2.50. The molecule has 2 aromatic rings. The topological polar surface area (TPSA) is 78.9 Å². The van der Waals surface area contributed by atoms with Crippen molar-refractivity contribution in [2.24, 2.45) is 5.73 Å². The molecule has 0 saturated heterocycles. The van der Waals surface area contributed by atoms with E-state index in [9.17, 15) is 0 Å². The zero-order valence-corrected chi connectivity index (χ0v) is 10.9. The van der Waals surface area contributed by atoms with Crippen molar-refractivity contribution < 1.29 is 0 Å². The average Bonchev–Trinajstić information content (AvgIpc) is 2.89. The second-order valence-electron chi connectivity index (χ2n) is 3.93. The Morgan fingerprint density at radius 3 is 3.00 bits per heavy atom. The molecule has 5 nitrogen and oxygen atoms in total. The highest BCUT2D eigenvalue weighted by atomic mass is 32.1. The van der Waals surface area contributed by atoms with Crippen LogP contribution in [0.5, 0.6) is 0 Å². The van der Waals surface area contributed by atoms with Gasteiger partial charge in [0.25, 0.3) is 0 Å². The Balaban J connectivity index is 2.09. The van der Waals surface area contributed by atoms with Gasteiger partial charge in [-0.25, -0.2) is 0 Å². The van der Waals surface area contributed by atoms with Crippen molar-refractivity contribution in [2.45, 2.75) is 6.42 Å². The lowest BCUT2D eigenvalue weighted by atomic mass is 10.2. The van der Waals surface area contributed by atoms with Crippen molar-refractivity contribution in [1.29, 1.82) is 5.41 Å². The predicted octanol–water partition coefficient (Wildman–Crippen LogP) is 1.50. The lowest BCUT2D eigenvalue weighted by Crippen LogP contribution is -2.25. The minimum atomic E-state index is 0.0165. The highest BCUT2D eigenvalue weighted by Crippen LogP contribution is 2.16. The summed E-state index contributed by atoms with van der Waals surface area (Å²) in [5, 5.41) is 17.5. The molecule has 0 saturated carbocycles. The molecule has 0 fully saturated rings. The van der Waals surface area contributed by atoms with E-state index in [0.717, 1.165) is 13.0 Å². The summed E-state index contributed by atoms with van der Waals surface area (Å²) in [6, 6.07) is 5.87. The summed E-state index contributed by atoms with van der Waals surface area (Å²) < 4.78 is 0. The first kappa shape index (κ1) is 12.5. The van der Waals surface area contributed by atoms with Gasteiger partial charge < -0.3 is 10.6 Å². The number of anilines is 1. The molecule has 18 heavy (non-hydrogen) atoms. The molecule has 0 aromatic carbocycles. The highest BCUT2D eigenvalue weighted by Gasteiger charge is 2.11. The van der Waals surface area contributed by atoms with Gasteiger partial charge in [-0.1, -0.05) is 6.07 Å². The van der Waals surface area contributed by atoms with Crippen LogP contribution in [0.2, 0.25) is 0 Å². The van der Waals surface area contributed by atoms with Gasteiger partial charge in [-0.2, -0.15) is 5.10 Å². The molecule has 3 N–H and O–H groups in total. The SMILES string of the molecule is CN(CCc1cccs1)c1nnccc1C(=N)N. The largest absolute Gasteiger partial charge is 0.384 e. The lowest BCUT2D eigenvalue weighted by molar-refractivity contribution is 0.844. The third-order valence-electron chi connectivity index (χ3n) is 2.63. The molecule has 0 aliphatic carbocycles. The number of nitrogens with one attached hydrogen (secondary N) is 1. The van der Waals surface area contributed by atoms with Gasteiger partial charge in [0.05, 0.1) is 11.8 Å². The molecule has 6 heteroatoms. The Labute approximate surface area is 110 Å². The smallest absolute Gasteiger partial charge is 0.162 e. The zero-order chi connectivity index (χ0) is 13.0. The van der Waals surface area contributed by atoms with Crippen LogP contribution in [0.15, 0.2) is 29.8 Å². The molecule has 94 valence electrons. The zero-order valence-electron chi connectivity index (χ0n) is 10.1. The molecule has 2 aromatic heterocycles. The van der Waals surface area contributed by atoms with E-state index in [4.69, 9.17) is 11.1 Å². The van der Waals surface area contributed by atoms with Crippen LogP contribution in [0.4, 0.5) is 5.82 Å². The maximum Gasteiger partial charge on any atom is 0.162 e. The van der Waals surface area contributed by atoms with Crippen LogP contribution in [-0.4, -0.2) is 29.6 Å². The summed E-state index contributed by atoms with van der Waals surface area (Å²) in [7, 11) is 1.93. The number of nitrogens with zero attached hydrogens (tertiary/aromatic N) is 3. The third-order valence-corrected chi connectivity index (χ3v) is 3.56. The molecule has 0 radical (unpaired) electrons. The second-order valence-corrected chi connectivity index (χ2v) is 4.97. The molecule has 0 spiro atoms. The first-order valence-corrected chi connectivity index (χ1v) is 6.46. The van der Waals surface area contributed by atoms with E-state index in [-0.39, 0.29) is 5.84 Å². The predicted molar refractivity (Wildman–Crippen MR) is 74.3 cm³/mol. The monoisotopic (exact) mass is 261 g/mol. The number of nitrogens with two attached hydrogens (primary N) is 1. The number of hydrogen-bond acceptors (Lipinski definition) is 5. The van der Waals surface area contributed by atoms with Crippen molar-refractivity contribution in [2.75, 3.05) is 18.5 Å². The van der Waals surface area contributed by atoms with Crippen LogP contribution >= 0.6 is 11.3 Å². The Morgan fingerprint density at radius 1 is 1.50 bits per heavy atom.